The van der Waals surface area contributed by atoms with Crippen molar-refractivity contribution in [3.63, 3.8) is 0 Å². The monoisotopic (exact) mass is 431 g/mol. The quantitative estimate of drug-likeness (QED) is 0.704. The number of nitrogens with zero attached hydrogens (tertiary/aromatic N) is 5. The summed E-state index contributed by atoms with van der Waals surface area (Å²) in [5.74, 6) is 0.560. The largest absolute Gasteiger partial charge is 0.378 e. The van der Waals surface area contributed by atoms with Crippen molar-refractivity contribution in [1.29, 1.82) is 0 Å². The average Bonchev–Trinajstić information content (AvgIpc) is 3.30. The Kier molecular flexibility index (Phi) is 6.55. The first kappa shape index (κ1) is 21.5. The van der Waals surface area contributed by atoms with E-state index in [9.17, 15) is 4.79 Å². The predicted octanol–water partition coefficient (Wildman–Crippen LogP) is 2.77. The van der Waals surface area contributed by atoms with E-state index in [1.807, 2.05) is 11.8 Å². The number of ether oxygens (including phenoxy) is 1. The van der Waals surface area contributed by atoms with Gasteiger partial charge in [0.1, 0.15) is 5.01 Å². The number of amides is 1. The smallest absolute Gasteiger partial charge is 0.274 e. The Hall–Kier alpha value is -1.77. The van der Waals surface area contributed by atoms with Crippen LogP contribution in [0.25, 0.3) is 0 Å². The molecular formula is C22H33N5O2S. The second kappa shape index (κ2) is 9.16. The first-order valence-electron chi connectivity index (χ1n) is 11.0. The molecule has 0 aromatic carbocycles. The second-order valence-corrected chi connectivity index (χ2v) is 9.89. The highest BCUT2D eigenvalue weighted by molar-refractivity contribution is 7.09. The molecular weight excluding hydrogens is 398 g/mol. The summed E-state index contributed by atoms with van der Waals surface area (Å²) < 4.78 is 7.54. The van der Waals surface area contributed by atoms with Crippen molar-refractivity contribution in [3.8, 4) is 0 Å². The lowest BCUT2D eigenvalue weighted by molar-refractivity contribution is 0.0297. The molecule has 1 amide bonds. The minimum Gasteiger partial charge on any atom is -0.378 e. The molecule has 1 unspecified atom stereocenters. The SMILES string of the molecule is Cc1csc(CN(C)C2CCc3c(c(C(=O)N4CCOCC4)nn3CC(C)C)C2)n1. The summed E-state index contributed by atoms with van der Waals surface area (Å²) in [6.45, 7) is 10.7. The number of fused-ring (bicyclic) bond motifs is 1. The third kappa shape index (κ3) is 4.60. The molecule has 1 atom stereocenters. The molecule has 4 rings (SSSR count). The van der Waals surface area contributed by atoms with Crippen molar-refractivity contribution in [1.82, 2.24) is 24.6 Å². The summed E-state index contributed by atoms with van der Waals surface area (Å²) in [5, 5.41) is 8.11. The van der Waals surface area contributed by atoms with Gasteiger partial charge in [0.2, 0.25) is 0 Å². The minimum absolute atomic E-state index is 0.0657. The fourth-order valence-corrected chi connectivity index (χ4v) is 5.28. The van der Waals surface area contributed by atoms with E-state index in [2.05, 4.69) is 40.8 Å². The Morgan fingerprint density at radius 1 is 1.37 bits per heavy atom. The van der Waals surface area contributed by atoms with Crippen LogP contribution in [0.15, 0.2) is 5.38 Å². The average molecular weight is 432 g/mol. The van der Waals surface area contributed by atoms with Crippen molar-refractivity contribution in [2.24, 2.45) is 5.92 Å². The number of rotatable bonds is 6. The molecule has 1 fully saturated rings. The van der Waals surface area contributed by atoms with Gasteiger partial charge in [0.25, 0.3) is 5.91 Å². The van der Waals surface area contributed by atoms with Crippen LogP contribution in [0.3, 0.4) is 0 Å². The zero-order valence-electron chi connectivity index (χ0n) is 18.6. The molecule has 1 aliphatic heterocycles. The summed E-state index contributed by atoms with van der Waals surface area (Å²) in [7, 11) is 2.18. The number of aryl methyl sites for hydroxylation is 1. The Morgan fingerprint density at radius 2 is 2.13 bits per heavy atom. The summed E-state index contributed by atoms with van der Waals surface area (Å²) >= 11 is 1.72. The molecule has 1 aliphatic carbocycles. The van der Waals surface area contributed by atoms with Crippen LogP contribution in [0.4, 0.5) is 0 Å². The van der Waals surface area contributed by atoms with Gasteiger partial charge in [0.05, 0.1) is 19.8 Å². The van der Waals surface area contributed by atoms with Crippen molar-refractivity contribution in [3.05, 3.63) is 33.0 Å². The second-order valence-electron chi connectivity index (χ2n) is 8.95. The van der Waals surface area contributed by atoms with Gasteiger partial charge >= 0.3 is 0 Å². The van der Waals surface area contributed by atoms with Gasteiger partial charge in [-0.25, -0.2) is 4.98 Å². The normalized spacial score (nSPS) is 19.5. The summed E-state index contributed by atoms with van der Waals surface area (Å²) in [6, 6.07) is 0.398. The molecule has 2 aliphatic rings. The molecule has 8 heteroatoms. The zero-order valence-corrected chi connectivity index (χ0v) is 19.4. The van der Waals surface area contributed by atoms with Crippen LogP contribution in [-0.4, -0.2) is 69.9 Å². The standard InChI is InChI=1S/C22H33N5O2S/c1-15(2)12-27-19-6-5-17(25(4)13-20-23-16(3)14-30-20)11-18(19)21(24-27)22(28)26-7-9-29-10-8-26/h14-15,17H,5-13H2,1-4H3. The number of carbonyl (C=O) groups is 1. The molecule has 164 valence electrons. The fraction of sp³-hybridized carbons (Fsp3) is 0.682. The lowest BCUT2D eigenvalue weighted by Crippen LogP contribution is -2.42. The molecule has 2 aromatic heterocycles. The maximum absolute atomic E-state index is 13.3. The summed E-state index contributed by atoms with van der Waals surface area (Å²) in [5.41, 5.74) is 4.17. The minimum atomic E-state index is 0.0657. The van der Waals surface area contributed by atoms with Crippen LogP contribution in [0.1, 0.15) is 52.7 Å². The van der Waals surface area contributed by atoms with Gasteiger partial charge in [0.15, 0.2) is 5.69 Å². The van der Waals surface area contributed by atoms with Crippen molar-refractivity contribution in [2.45, 2.75) is 59.2 Å². The first-order chi connectivity index (χ1) is 14.4. The number of carbonyl (C=O) groups excluding carboxylic acids is 1. The summed E-state index contributed by atoms with van der Waals surface area (Å²) in [6.07, 6.45) is 2.93. The molecule has 3 heterocycles. The zero-order chi connectivity index (χ0) is 21.3. The van der Waals surface area contributed by atoms with Gasteiger partial charge in [0, 0.05) is 48.0 Å². The van der Waals surface area contributed by atoms with E-state index < -0.39 is 0 Å². The third-order valence-electron chi connectivity index (χ3n) is 6.03. The number of morpholine rings is 1. The molecule has 0 N–H and O–H groups in total. The Morgan fingerprint density at radius 3 is 2.80 bits per heavy atom. The Balaban J connectivity index is 1.57. The number of aromatic nitrogens is 3. The predicted molar refractivity (Wildman–Crippen MR) is 118 cm³/mol. The van der Waals surface area contributed by atoms with E-state index in [0.717, 1.165) is 48.6 Å². The van der Waals surface area contributed by atoms with Crippen molar-refractivity contribution < 1.29 is 9.53 Å². The Labute approximate surface area is 183 Å². The molecule has 0 spiro atoms. The molecule has 0 radical (unpaired) electrons. The van der Waals surface area contributed by atoms with Crippen molar-refractivity contribution in [2.75, 3.05) is 33.4 Å². The van der Waals surface area contributed by atoms with E-state index >= 15 is 0 Å². The molecule has 7 nitrogen and oxygen atoms in total. The van der Waals surface area contributed by atoms with Gasteiger partial charge in [-0.3, -0.25) is 14.4 Å². The van der Waals surface area contributed by atoms with E-state index in [0.29, 0.717) is 44.0 Å². The van der Waals surface area contributed by atoms with Crippen LogP contribution in [0.2, 0.25) is 0 Å². The van der Waals surface area contributed by atoms with E-state index in [1.54, 1.807) is 11.3 Å². The Bertz CT molecular complexity index is 884. The van der Waals surface area contributed by atoms with Gasteiger partial charge in [-0.15, -0.1) is 11.3 Å². The topological polar surface area (TPSA) is 63.5 Å². The molecule has 30 heavy (non-hydrogen) atoms. The highest BCUT2D eigenvalue weighted by Gasteiger charge is 2.33. The highest BCUT2D eigenvalue weighted by atomic mass is 32.1. The van der Waals surface area contributed by atoms with Crippen LogP contribution in [0.5, 0.6) is 0 Å². The lowest BCUT2D eigenvalue weighted by atomic mass is 9.90. The number of hydrogen-bond donors (Lipinski definition) is 0. The maximum Gasteiger partial charge on any atom is 0.274 e. The van der Waals surface area contributed by atoms with Crippen LogP contribution in [-0.2, 0) is 30.7 Å². The van der Waals surface area contributed by atoms with Crippen LogP contribution in [0, 0.1) is 12.8 Å². The lowest BCUT2D eigenvalue weighted by Gasteiger charge is -2.32. The van der Waals surface area contributed by atoms with Crippen LogP contribution >= 0.6 is 11.3 Å². The highest BCUT2D eigenvalue weighted by Crippen LogP contribution is 2.29. The van der Waals surface area contributed by atoms with Gasteiger partial charge in [-0.05, 0) is 39.2 Å². The van der Waals surface area contributed by atoms with E-state index in [1.165, 1.54) is 5.69 Å². The third-order valence-corrected chi connectivity index (χ3v) is 6.99. The van der Waals surface area contributed by atoms with Gasteiger partial charge in [-0.1, -0.05) is 13.8 Å². The summed E-state index contributed by atoms with van der Waals surface area (Å²) in [4.78, 5) is 22.2. The van der Waals surface area contributed by atoms with Gasteiger partial charge in [-0.2, -0.15) is 5.10 Å². The molecule has 2 aromatic rings. The molecule has 0 bridgehead atoms. The number of hydrogen-bond acceptors (Lipinski definition) is 6. The van der Waals surface area contributed by atoms with E-state index in [4.69, 9.17) is 9.84 Å². The number of thiazole rings is 1. The van der Waals surface area contributed by atoms with E-state index in [-0.39, 0.29) is 5.91 Å². The fourth-order valence-electron chi connectivity index (χ4n) is 4.45. The van der Waals surface area contributed by atoms with Gasteiger partial charge < -0.3 is 9.64 Å². The van der Waals surface area contributed by atoms with Crippen molar-refractivity contribution >= 4 is 17.2 Å². The maximum atomic E-state index is 13.3. The van der Waals surface area contributed by atoms with Crippen LogP contribution < -0.4 is 0 Å². The first-order valence-corrected chi connectivity index (χ1v) is 11.9. The molecule has 0 saturated carbocycles. The number of likely N-dealkylation sites (N-methyl/N-ethyl adjacent to an activating group) is 1. The molecule has 1 saturated heterocycles.